The Morgan fingerprint density at radius 3 is 2.57 bits per heavy atom. The molecule has 0 saturated heterocycles. The lowest BCUT2D eigenvalue weighted by Gasteiger charge is -2.05. The van der Waals surface area contributed by atoms with E-state index in [0.29, 0.717) is 17.0 Å². The van der Waals surface area contributed by atoms with Crippen LogP contribution in [-0.4, -0.2) is 13.0 Å². The van der Waals surface area contributed by atoms with E-state index < -0.39 is 11.7 Å². The number of benzene rings is 2. The Hall–Kier alpha value is -2.84. The molecule has 0 spiro atoms. The zero-order chi connectivity index (χ0) is 16.8. The summed E-state index contributed by atoms with van der Waals surface area (Å²) < 4.78 is 18.1. The summed E-state index contributed by atoms with van der Waals surface area (Å²) in [5.74, 6) is -0.518. The molecule has 0 unspecified atom stereocenters. The highest BCUT2D eigenvalue weighted by Gasteiger charge is 2.10. The summed E-state index contributed by atoms with van der Waals surface area (Å²) in [6.07, 6.45) is 1.44. The van der Waals surface area contributed by atoms with Crippen molar-refractivity contribution in [1.82, 2.24) is 0 Å². The average molecular weight is 331 g/mol. The van der Waals surface area contributed by atoms with Gasteiger partial charge in [0.2, 0.25) is 0 Å². The highest BCUT2D eigenvalue weighted by molar-refractivity contribution is 6.31. The van der Waals surface area contributed by atoms with Gasteiger partial charge < -0.3 is 10.1 Å². The van der Waals surface area contributed by atoms with Crippen molar-refractivity contribution in [2.24, 2.45) is 0 Å². The largest absolute Gasteiger partial charge is 0.497 e. The van der Waals surface area contributed by atoms with Crippen LogP contribution in [0.15, 0.2) is 48.0 Å². The summed E-state index contributed by atoms with van der Waals surface area (Å²) in [5.41, 5.74) is 0.891. The number of nitrogens with zero attached hydrogens (tertiary/aromatic N) is 1. The van der Waals surface area contributed by atoms with Crippen LogP contribution in [0, 0.1) is 17.1 Å². The van der Waals surface area contributed by atoms with Crippen LogP contribution in [0.2, 0.25) is 5.02 Å². The van der Waals surface area contributed by atoms with Gasteiger partial charge in [-0.15, -0.1) is 0 Å². The number of hydrogen-bond acceptors (Lipinski definition) is 3. The maximum absolute atomic E-state index is 13.1. The number of methoxy groups -OCH3 is 1. The molecule has 4 nitrogen and oxygen atoms in total. The lowest BCUT2D eigenvalue weighted by atomic mass is 10.1. The number of ether oxygens (including phenoxy) is 1. The van der Waals surface area contributed by atoms with E-state index in [4.69, 9.17) is 21.6 Å². The van der Waals surface area contributed by atoms with E-state index in [0.717, 1.165) is 6.07 Å². The first-order valence-corrected chi connectivity index (χ1v) is 6.93. The molecule has 1 amide bonds. The van der Waals surface area contributed by atoms with Gasteiger partial charge in [-0.25, -0.2) is 4.39 Å². The predicted octanol–water partition coefficient (Wildman–Crippen LogP) is 4.03. The highest BCUT2D eigenvalue weighted by Crippen LogP contribution is 2.20. The van der Waals surface area contributed by atoms with Crippen molar-refractivity contribution in [3.8, 4) is 11.8 Å². The van der Waals surface area contributed by atoms with Gasteiger partial charge in [0.25, 0.3) is 5.91 Å². The third kappa shape index (κ3) is 4.31. The molecule has 0 fully saturated rings. The number of halogens is 2. The second kappa shape index (κ2) is 7.43. The van der Waals surface area contributed by atoms with E-state index in [2.05, 4.69) is 5.32 Å². The van der Waals surface area contributed by atoms with Gasteiger partial charge in [-0.1, -0.05) is 23.7 Å². The fourth-order valence-electron chi connectivity index (χ4n) is 1.79. The summed E-state index contributed by atoms with van der Waals surface area (Å²) >= 11 is 5.65. The molecular formula is C17H12ClFN2O2. The molecule has 6 heteroatoms. The van der Waals surface area contributed by atoms with Gasteiger partial charge in [-0.2, -0.15) is 5.26 Å². The quantitative estimate of drug-likeness (QED) is 0.680. The number of carbonyl (C=O) groups is 1. The van der Waals surface area contributed by atoms with Crippen molar-refractivity contribution in [3.63, 3.8) is 0 Å². The maximum atomic E-state index is 13.1. The molecule has 0 atom stereocenters. The Kier molecular flexibility index (Phi) is 5.34. The predicted molar refractivity (Wildman–Crippen MR) is 86.6 cm³/mol. The van der Waals surface area contributed by atoms with E-state index in [1.165, 1.54) is 18.2 Å². The van der Waals surface area contributed by atoms with Gasteiger partial charge >= 0.3 is 0 Å². The first-order chi connectivity index (χ1) is 11.0. The van der Waals surface area contributed by atoms with E-state index >= 15 is 0 Å². The second-order valence-electron chi connectivity index (χ2n) is 4.53. The molecule has 0 heterocycles. The van der Waals surface area contributed by atoms with E-state index in [1.807, 2.05) is 6.07 Å². The monoisotopic (exact) mass is 330 g/mol. The minimum absolute atomic E-state index is 0.0874. The Bertz CT molecular complexity index is 795. The molecular weight excluding hydrogens is 319 g/mol. The summed E-state index contributed by atoms with van der Waals surface area (Å²) in [6, 6.07) is 12.5. The summed E-state index contributed by atoms with van der Waals surface area (Å²) in [4.78, 5) is 12.1. The van der Waals surface area contributed by atoms with Crippen LogP contribution in [0.3, 0.4) is 0 Å². The fourth-order valence-corrected chi connectivity index (χ4v) is 1.97. The Morgan fingerprint density at radius 1 is 1.30 bits per heavy atom. The highest BCUT2D eigenvalue weighted by atomic mass is 35.5. The van der Waals surface area contributed by atoms with E-state index in [-0.39, 0.29) is 10.6 Å². The Morgan fingerprint density at radius 2 is 2.00 bits per heavy atom. The van der Waals surface area contributed by atoms with Crippen LogP contribution < -0.4 is 10.1 Å². The van der Waals surface area contributed by atoms with Gasteiger partial charge in [-0.05, 0) is 42.0 Å². The number of carbonyl (C=O) groups excluding carboxylic acids is 1. The molecule has 0 aromatic heterocycles. The fraction of sp³-hybridized carbons (Fsp3) is 0.0588. The lowest BCUT2D eigenvalue weighted by molar-refractivity contribution is -0.112. The summed E-state index contributed by atoms with van der Waals surface area (Å²) in [7, 11) is 1.55. The smallest absolute Gasteiger partial charge is 0.266 e. The number of amides is 1. The average Bonchev–Trinajstić information content (AvgIpc) is 2.56. The normalized spacial score (nSPS) is 10.8. The SMILES string of the molecule is COc1ccc(/C=C(\C#N)C(=O)Nc2ccc(F)c(Cl)c2)cc1. The third-order valence-corrected chi connectivity index (χ3v) is 3.26. The molecule has 2 aromatic rings. The Labute approximate surface area is 137 Å². The number of nitrogens with one attached hydrogen (secondary N) is 1. The van der Waals surface area contributed by atoms with E-state index in [1.54, 1.807) is 31.4 Å². The van der Waals surface area contributed by atoms with Crippen molar-refractivity contribution < 1.29 is 13.9 Å². The lowest BCUT2D eigenvalue weighted by Crippen LogP contribution is -2.13. The minimum Gasteiger partial charge on any atom is -0.497 e. The number of hydrogen-bond donors (Lipinski definition) is 1. The minimum atomic E-state index is -0.606. The molecule has 0 aliphatic carbocycles. The van der Waals surface area contributed by atoms with Gasteiger partial charge in [0.15, 0.2) is 0 Å². The van der Waals surface area contributed by atoms with Crippen LogP contribution in [0.4, 0.5) is 10.1 Å². The van der Waals surface area contributed by atoms with Crippen LogP contribution in [-0.2, 0) is 4.79 Å². The maximum Gasteiger partial charge on any atom is 0.266 e. The molecule has 2 aromatic carbocycles. The van der Waals surface area contributed by atoms with Crippen LogP contribution >= 0.6 is 11.6 Å². The zero-order valence-electron chi connectivity index (χ0n) is 12.1. The summed E-state index contributed by atoms with van der Waals surface area (Å²) in [6.45, 7) is 0. The van der Waals surface area contributed by atoms with Crippen molar-refractivity contribution in [2.75, 3.05) is 12.4 Å². The molecule has 23 heavy (non-hydrogen) atoms. The standard InChI is InChI=1S/C17H12ClFN2O2/c1-23-14-5-2-11(3-6-14)8-12(10-20)17(22)21-13-4-7-16(19)15(18)9-13/h2-9H,1H3,(H,21,22)/b12-8+. The van der Waals surface area contributed by atoms with E-state index in [9.17, 15) is 9.18 Å². The zero-order valence-corrected chi connectivity index (χ0v) is 12.9. The number of nitriles is 1. The number of rotatable bonds is 4. The molecule has 2 rings (SSSR count). The molecule has 0 aliphatic heterocycles. The molecule has 0 bridgehead atoms. The van der Waals surface area contributed by atoms with Crippen molar-refractivity contribution in [1.29, 1.82) is 5.26 Å². The van der Waals surface area contributed by atoms with Crippen LogP contribution in [0.1, 0.15) is 5.56 Å². The van der Waals surface area contributed by atoms with Gasteiger partial charge in [0, 0.05) is 5.69 Å². The van der Waals surface area contributed by atoms with Gasteiger partial charge in [0.05, 0.1) is 12.1 Å². The van der Waals surface area contributed by atoms with Gasteiger partial charge in [-0.3, -0.25) is 4.79 Å². The van der Waals surface area contributed by atoms with Crippen molar-refractivity contribution in [3.05, 3.63) is 64.4 Å². The first-order valence-electron chi connectivity index (χ1n) is 6.55. The Balaban J connectivity index is 2.18. The molecule has 0 radical (unpaired) electrons. The third-order valence-electron chi connectivity index (χ3n) is 2.97. The molecule has 0 aliphatic rings. The van der Waals surface area contributed by atoms with Crippen LogP contribution in [0.5, 0.6) is 5.75 Å². The summed E-state index contributed by atoms with van der Waals surface area (Å²) in [5, 5.41) is 11.5. The topological polar surface area (TPSA) is 62.1 Å². The van der Waals surface area contributed by atoms with Crippen LogP contribution in [0.25, 0.3) is 6.08 Å². The molecule has 1 N–H and O–H groups in total. The van der Waals surface area contributed by atoms with Crippen molar-refractivity contribution in [2.45, 2.75) is 0 Å². The molecule has 116 valence electrons. The first kappa shape index (κ1) is 16.5. The van der Waals surface area contributed by atoms with Gasteiger partial charge in [0.1, 0.15) is 23.2 Å². The second-order valence-corrected chi connectivity index (χ2v) is 4.93. The van der Waals surface area contributed by atoms with Crippen molar-refractivity contribution >= 4 is 29.3 Å². The number of anilines is 1. The molecule has 0 saturated carbocycles.